The average Bonchev–Trinajstić information content (AvgIpc) is 3.39. The lowest BCUT2D eigenvalue weighted by molar-refractivity contribution is 0.791. The maximum Gasteiger partial charge on any atom is 0.190 e. The van der Waals surface area contributed by atoms with Gasteiger partial charge < -0.3 is 10.7 Å². The lowest BCUT2D eigenvalue weighted by Crippen LogP contribution is -2.04. The van der Waals surface area contributed by atoms with E-state index in [0.717, 1.165) is 22.2 Å². The highest BCUT2D eigenvalue weighted by Crippen LogP contribution is 2.33. The Kier molecular flexibility index (Phi) is 4.15. The third-order valence-electron chi connectivity index (χ3n) is 4.52. The average molecular weight is 423 g/mol. The lowest BCUT2D eigenvalue weighted by Gasteiger charge is -2.10. The summed E-state index contributed by atoms with van der Waals surface area (Å²) in [6, 6.07) is 11.1. The Labute approximate surface area is 174 Å². The summed E-state index contributed by atoms with van der Waals surface area (Å²) in [4.78, 5) is 11.8. The van der Waals surface area contributed by atoms with Gasteiger partial charge in [0.2, 0.25) is 0 Å². The van der Waals surface area contributed by atoms with E-state index < -0.39 is 0 Å². The van der Waals surface area contributed by atoms with E-state index in [4.69, 9.17) is 28.9 Å². The van der Waals surface area contributed by atoms with Crippen molar-refractivity contribution in [1.82, 2.24) is 35.2 Å². The van der Waals surface area contributed by atoms with Crippen LogP contribution in [0.5, 0.6) is 0 Å². The number of aromatic nitrogens is 7. The van der Waals surface area contributed by atoms with E-state index in [9.17, 15) is 0 Å². The van der Waals surface area contributed by atoms with Gasteiger partial charge in [0.1, 0.15) is 11.5 Å². The van der Waals surface area contributed by atoms with Gasteiger partial charge in [0, 0.05) is 35.1 Å². The van der Waals surface area contributed by atoms with Crippen LogP contribution in [0.1, 0.15) is 0 Å². The first-order valence-electron chi connectivity index (χ1n) is 8.54. The fourth-order valence-corrected chi connectivity index (χ4v) is 3.46. The van der Waals surface area contributed by atoms with Gasteiger partial charge in [-0.15, -0.1) is 5.10 Å². The molecule has 4 aromatic heterocycles. The van der Waals surface area contributed by atoms with Gasteiger partial charge in [-0.05, 0) is 40.8 Å². The number of pyridine rings is 2. The first-order chi connectivity index (χ1) is 14.1. The second kappa shape index (κ2) is 6.84. The van der Waals surface area contributed by atoms with E-state index >= 15 is 0 Å². The number of tetrazole rings is 1. The number of hydrogen-bond donors (Lipinski definition) is 2. The highest BCUT2D eigenvalue weighted by molar-refractivity contribution is 6.43. The van der Waals surface area contributed by atoms with Crippen LogP contribution in [0.2, 0.25) is 10.0 Å². The van der Waals surface area contributed by atoms with E-state index in [0.29, 0.717) is 32.9 Å². The molecular weight excluding hydrogens is 411 g/mol. The zero-order chi connectivity index (χ0) is 20.0. The number of aromatic amines is 1. The van der Waals surface area contributed by atoms with Gasteiger partial charge in [-0.3, -0.25) is 0 Å². The van der Waals surface area contributed by atoms with Crippen molar-refractivity contribution in [3.8, 4) is 28.2 Å². The molecule has 0 aliphatic heterocycles. The van der Waals surface area contributed by atoms with Crippen molar-refractivity contribution in [2.24, 2.45) is 0 Å². The maximum atomic E-state index is 6.35. The van der Waals surface area contributed by atoms with Crippen molar-refractivity contribution >= 4 is 40.1 Å². The van der Waals surface area contributed by atoms with Crippen molar-refractivity contribution in [2.75, 3.05) is 5.73 Å². The fraction of sp³-hybridized carbons (Fsp3) is 0. The van der Waals surface area contributed by atoms with Crippen LogP contribution in [0.15, 0.2) is 55.0 Å². The normalized spacial score (nSPS) is 11.2. The van der Waals surface area contributed by atoms with Crippen LogP contribution in [-0.4, -0.2) is 35.2 Å². The molecule has 0 radical (unpaired) electrons. The second-order valence-corrected chi connectivity index (χ2v) is 7.07. The van der Waals surface area contributed by atoms with Crippen LogP contribution in [0, 0.1) is 0 Å². The molecule has 0 saturated carbocycles. The number of nitrogen functional groups attached to an aromatic ring is 1. The van der Waals surface area contributed by atoms with Crippen LogP contribution >= 0.6 is 23.2 Å². The third kappa shape index (κ3) is 2.98. The Morgan fingerprint density at radius 2 is 1.83 bits per heavy atom. The Hall–Kier alpha value is -3.49. The number of H-pyrrole nitrogens is 1. The van der Waals surface area contributed by atoms with Crippen molar-refractivity contribution in [2.45, 2.75) is 0 Å². The Bertz CT molecular complexity index is 1360. The molecule has 4 heterocycles. The molecule has 8 nitrogen and oxygen atoms in total. The third-order valence-corrected chi connectivity index (χ3v) is 5.33. The summed E-state index contributed by atoms with van der Waals surface area (Å²) in [5.41, 5.74) is 9.80. The van der Waals surface area contributed by atoms with E-state index in [2.05, 4.69) is 30.5 Å². The molecule has 0 spiro atoms. The quantitative estimate of drug-likeness (QED) is 0.451. The monoisotopic (exact) mass is 422 g/mol. The number of benzene rings is 1. The number of anilines is 1. The number of fused-ring (bicyclic) bond motifs is 1. The molecule has 10 heteroatoms. The number of rotatable bonds is 3. The molecule has 0 unspecified atom stereocenters. The van der Waals surface area contributed by atoms with E-state index in [1.807, 2.05) is 24.4 Å². The molecule has 0 fully saturated rings. The number of nitrogens with one attached hydrogen (secondary N) is 1. The maximum absolute atomic E-state index is 6.35. The topological polar surface area (TPSA) is 111 Å². The van der Waals surface area contributed by atoms with Gasteiger partial charge >= 0.3 is 0 Å². The summed E-state index contributed by atoms with van der Waals surface area (Å²) < 4.78 is 1.49. The molecular formula is C19H12Cl2N8. The Balaban J connectivity index is 1.65. The first-order valence-corrected chi connectivity index (χ1v) is 9.29. The Morgan fingerprint density at radius 1 is 1.00 bits per heavy atom. The van der Waals surface area contributed by atoms with Gasteiger partial charge in [0.05, 0.1) is 21.3 Å². The molecule has 0 amide bonds. The minimum Gasteiger partial charge on any atom is -0.383 e. The largest absolute Gasteiger partial charge is 0.383 e. The summed E-state index contributed by atoms with van der Waals surface area (Å²) >= 11 is 12.5. The minimum absolute atomic E-state index is 0.290. The van der Waals surface area contributed by atoms with Crippen molar-refractivity contribution in [1.29, 1.82) is 0 Å². The zero-order valence-electron chi connectivity index (χ0n) is 14.7. The molecule has 29 heavy (non-hydrogen) atoms. The zero-order valence-corrected chi connectivity index (χ0v) is 16.2. The smallest absolute Gasteiger partial charge is 0.190 e. The van der Waals surface area contributed by atoms with E-state index in [-0.39, 0.29) is 0 Å². The van der Waals surface area contributed by atoms with Crippen LogP contribution in [0.25, 0.3) is 39.2 Å². The minimum atomic E-state index is 0.290. The van der Waals surface area contributed by atoms with E-state index in [1.165, 1.54) is 4.68 Å². The molecule has 1 aromatic carbocycles. The molecule has 5 rings (SSSR count). The molecule has 0 aliphatic rings. The van der Waals surface area contributed by atoms with Gasteiger partial charge in [-0.2, -0.15) is 4.68 Å². The molecule has 5 aromatic rings. The SMILES string of the molecule is Nc1ncc(-c2cnc3[nH]ccc3c2)cc1-c1nnnn1-c1cccc(Cl)c1Cl. The summed E-state index contributed by atoms with van der Waals surface area (Å²) in [5, 5.41) is 13.7. The van der Waals surface area contributed by atoms with Crippen LogP contribution < -0.4 is 5.73 Å². The van der Waals surface area contributed by atoms with Crippen molar-refractivity contribution < 1.29 is 0 Å². The highest BCUT2D eigenvalue weighted by atomic mass is 35.5. The summed E-state index contributed by atoms with van der Waals surface area (Å²) in [7, 11) is 0. The van der Waals surface area contributed by atoms with Crippen LogP contribution in [-0.2, 0) is 0 Å². The Morgan fingerprint density at radius 3 is 2.72 bits per heavy atom. The van der Waals surface area contributed by atoms with Gasteiger partial charge in [-0.1, -0.05) is 29.3 Å². The number of hydrogen-bond acceptors (Lipinski definition) is 6. The fourth-order valence-electron chi connectivity index (χ4n) is 3.08. The van der Waals surface area contributed by atoms with Crippen LogP contribution in [0.3, 0.4) is 0 Å². The van der Waals surface area contributed by atoms with Gasteiger partial charge in [0.25, 0.3) is 0 Å². The molecule has 0 bridgehead atoms. The predicted octanol–water partition coefficient (Wildman–Crippen LogP) is 4.16. The lowest BCUT2D eigenvalue weighted by atomic mass is 10.1. The molecule has 3 N–H and O–H groups in total. The number of nitrogens with zero attached hydrogens (tertiary/aromatic N) is 6. The summed E-state index contributed by atoms with van der Waals surface area (Å²) in [6.07, 6.45) is 5.30. The van der Waals surface area contributed by atoms with Crippen molar-refractivity contribution in [3.63, 3.8) is 0 Å². The van der Waals surface area contributed by atoms with Crippen molar-refractivity contribution in [3.05, 3.63) is 65.0 Å². The standard InChI is InChI=1S/C19H12Cl2N8/c20-14-2-1-3-15(16(14)21)29-19(26-27-28-29)13-7-12(8-24-17(13)22)11-6-10-4-5-23-18(10)25-9-11/h1-9H,(H2,22,24)(H,23,25). The van der Waals surface area contributed by atoms with Crippen LogP contribution in [0.4, 0.5) is 5.82 Å². The highest BCUT2D eigenvalue weighted by Gasteiger charge is 2.18. The first kappa shape index (κ1) is 17.6. The second-order valence-electron chi connectivity index (χ2n) is 6.28. The molecule has 0 aliphatic carbocycles. The van der Waals surface area contributed by atoms with Gasteiger partial charge in [-0.25, -0.2) is 9.97 Å². The number of nitrogens with two attached hydrogens (primary N) is 1. The molecule has 142 valence electrons. The predicted molar refractivity (Wildman–Crippen MR) is 112 cm³/mol. The summed E-state index contributed by atoms with van der Waals surface area (Å²) in [6.45, 7) is 0. The molecule has 0 saturated heterocycles. The number of halogens is 2. The summed E-state index contributed by atoms with van der Waals surface area (Å²) in [5.74, 6) is 0.690. The van der Waals surface area contributed by atoms with E-state index in [1.54, 1.807) is 30.6 Å². The van der Waals surface area contributed by atoms with Gasteiger partial charge in [0.15, 0.2) is 5.82 Å². The molecule has 0 atom stereocenters.